The summed E-state index contributed by atoms with van der Waals surface area (Å²) in [5, 5.41) is 4.98. The Hall–Kier alpha value is -3.06. The topological polar surface area (TPSA) is 75.7 Å². The molecule has 3 aromatic rings. The Morgan fingerprint density at radius 1 is 1.00 bits per heavy atom. The van der Waals surface area contributed by atoms with E-state index in [1.807, 2.05) is 68.4 Å². The standard InChI is InChI=1S/C25H30N2O4S/c1-19-13-14-22(18-20(19)2)27(32(3,29)30)16-7-12-25(28)26-15-17-31-24-11-6-9-21-8-4-5-10-23(21)24/h4-6,8-11,13-14,18H,7,12,15-17H2,1-3H3,(H,26,28). The van der Waals surface area contributed by atoms with Gasteiger partial charge in [-0.1, -0.05) is 42.5 Å². The summed E-state index contributed by atoms with van der Waals surface area (Å²) < 4.78 is 31.7. The largest absolute Gasteiger partial charge is 0.491 e. The first-order valence-electron chi connectivity index (χ1n) is 10.7. The smallest absolute Gasteiger partial charge is 0.232 e. The lowest BCUT2D eigenvalue weighted by Gasteiger charge is -2.23. The molecule has 170 valence electrons. The molecule has 0 aliphatic heterocycles. The molecular formula is C25H30N2O4S. The molecule has 0 aromatic heterocycles. The van der Waals surface area contributed by atoms with Gasteiger partial charge in [0.05, 0.1) is 18.5 Å². The molecule has 0 radical (unpaired) electrons. The van der Waals surface area contributed by atoms with Gasteiger partial charge in [0.2, 0.25) is 15.9 Å². The molecule has 0 aliphatic carbocycles. The summed E-state index contributed by atoms with van der Waals surface area (Å²) >= 11 is 0. The van der Waals surface area contributed by atoms with Crippen LogP contribution in [-0.4, -0.2) is 40.3 Å². The van der Waals surface area contributed by atoms with Crippen LogP contribution in [0.4, 0.5) is 5.69 Å². The van der Waals surface area contributed by atoms with Gasteiger partial charge in [0.25, 0.3) is 0 Å². The lowest BCUT2D eigenvalue weighted by atomic mass is 10.1. The van der Waals surface area contributed by atoms with E-state index in [1.165, 1.54) is 10.6 Å². The molecule has 7 heteroatoms. The number of anilines is 1. The molecule has 0 bridgehead atoms. The third kappa shape index (κ3) is 6.23. The number of rotatable bonds is 10. The summed E-state index contributed by atoms with van der Waals surface area (Å²) in [5.74, 6) is 0.662. The molecule has 0 aliphatic rings. The average molecular weight is 455 g/mol. The lowest BCUT2D eigenvalue weighted by Crippen LogP contribution is -2.33. The Labute approximate surface area is 190 Å². The van der Waals surface area contributed by atoms with Gasteiger partial charge in [0.15, 0.2) is 0 Å². The second-order valence-electron chi connectivity index (χ2n) is 7.88. The number of sulfonamides is 1. The number of ether oxygens (including phenoxy) is 1. The second-order valence-corrected chi connectivity index (χ2v) is 9.79. The number of amides is 1. The fourth-order valence-electron chi connectivity index (χ4n) is 3.51. The molecule has 0 saturated heterocycles. The highest BCUT2D eigenvalue weighted by Crippen LogP contribution is 2.25. The number of hydrogen-bond donors (Lipinski definition) is 1. The van der Waals surface area contributed by atoms with Crippen molar-refractivity contribution in [1.29, 1.82) is 0 Å². The molecule has 1 N–H and O–H groups in total. The number of carbonyl (C=O) groups excluding carboxylic acids is 1. The van der Waals surface area contributed by atoms with Crippen molar-refractivity contribution >= 4 is 32.4 Å². The van der Waals surface area contributed by atoms with Crippen LogP contribution in [0.3, 0.4) is 0 Å². The number of fused-ring (bicyclic) bond motifs is 1. The summed E-state index contributed by atoms with van der Waals surface area (Å²) in [6.45, 7) is 4.93. The van der Waals surface area contributed by atoms with Gasteiger partial charge >= 0.3 is 0 Å². The predicted molar refractivity (Wildman–Crippen MR) is 130 cm³/mol. The molecule has 0 saturated carbocycles. The third-order valence-electron chi connectivity index (χ3n) is 5.38. The molecule has 3 rings (SSSR count). The first-order chi connectivity index (χ1) is 15.3. The molecule has 0 unspecified atom stereocenters. The van der Waals surface area contributed by atoms with Crippen LogP contribution in [0.25, 0.3) is 10.8 Å². The van der Waals surface area contributed by atoms with Crippen molar-refractivity contribution in [2.24, 2.45) is 0 Å². The van der Waals surface area contributed by atoms with Crippen molar-refractivity contribution in [3.8, 4) is 5.75 Å². The fourth-order valence-corrected chi connectivity index (χ4v) is 4.47. The molecule has 32 heavy (non-hydrogen) atoms. The maximum atomic E-state index is 12.3. The third-order valence-corrected chi connectivity index (χ3v) is 6.57. The van der Waals surface area contributed by atoms with Crippen molar-refractivity contribution in [3.05, 3.63) is 71.8 Å². The summed E-state index contributed by atoms with van der Waals surface area (Å²) in [4.78, 5) is 12.2. The van der Waals surface area contributed by atoms with Crippen molar-refractivity contribution < 1.29 is 17.9 Å². The predicted octanol–water partition coefficient (Wildman–Crippen LogP) is 4.20. The van der Waals surface area contributed by atoms with Gasteiger partial charge in [-0.05, 0) is 55.0 Å². The highest BCUT2D eigenvalue weighted by Gasteiger charge is 2.18. The minimum atomic E-state index is -3.43. The van der Waals surface area contributed by atoms with E-state index in [1.54, 1.807) is 6.07 Å². The Balaban J connectivity index is 1.46. The van der Waals surface area contributed by atoms with Crippen LogP contribution in [-0.2, 0) is 14.8 Å². The molecule has 6 nitrogen and oxygen atoms in total. The van der Waals surface area contributed by atoms with Gasteiger partial charge in [0.1, 0.15) is 12.4 Å². The summed E-state index contributed by atoms with van der Waals surface area (Å²) in [7, 11) is -3.43. The quantitative estimate of drug-likeness (QED) is 0.466. The van der Waals surface area contributed by atoms with Crippen LogP contribution in [0.15, 0.2) is 60.7 Å². The summed E-state index contributed by atoms with van der Waals surface area (Å²) in [6.07, 6.45) is 1.86. The van der Waals surface area contributed by atoms with Gasteiger partial charge in [-0.3, -0.25) is 9.10 Å². The van der Waals surface area contributed by atoms with E-state index in [0.29, 0.717) is 25.3 Å². The number of hydrogen-bond acceptors (Lipinski definition) is 4. The van der Waals surface area contributed by atoms with Gasteiger partial charge in [-0.15, -0.1) is 0 Å². The molecule has 0 fully saturated rings. The maximum Gasteiger partial charge on any atom is 0.232 e. The monoisotopic (exact) mass is 454 g/mol. The van der Waals surface area contributed by atoms with Crippen molar-refractivity contribution in [1.82, 2.24) is 5.32 Å². The van der Waals surface area contributed by atoms with Gasteiger partial charge in [0, 0.05) is 18.4 Å². The zero-order chi connectivity index (χ0) is 23.1. The van der Waals surface area contributed by atoms with E-state index in [9.17, 15) is 13.2 Å². The van der Waals surface area contributed by atoms with Gasteiger partial charge in [-0.2, -0.15) is 0 Å². The van der Waals surface area contributed by atoms with Crippen LogP contribution in [0, 0.1) is 13.8 Å². The number of aryl methyl sites for hydroxylation is 2. The zero-order valence-corrected chi connectivity index (χ0v) is 19.6. The van der Waals surface area contributed by atoms with Crippen molar-refractivity contribution in [3.63, 3.8) is 0 Å². The van der Waals surface area contributed by atoms with E-state index in [0.717, 1.165) is 27.6 Å². The Morgan fingerprint density at radius 2 is 1.75 bits per heavy atom. The van der Waals surface area contributed by atoms with E-state index >= 15 is 0 Å². The molecule has 0 atom stereocenters. The summed E-state index contributed by atoms with van der Waals surface area (Å²) in [6, 6.07) is 19.4. The summed E-state index contributed by atoms with van der Waals surface area (Å²) in [5.41, 5.74) is 2.76. The highest BCUT2D eigenvalue weighted by atomic mass is 32.2. The Kier molecular flexibility index (Phi) is 7.75. The molecular weight excluding hydrogens is 424 g/mol. The lowest BCUT2D eigenvalue weighted by molar-refractivity contribution is -0.121. The fraction of sp³-hybridized carbons (Fsp3) is 0.320. The Morgan fingerprint density at radius 3 is 2.50 bits per heavy atom. The van der Waals surface area contributed by atoms with E-state index in [2.05, 4.69) is 5.32 Å². The van der Waals surface area contributed by atoms with Crippen molar-refractivity contribution in [2.45, 2.75) is 26.7 Å². The van der Waals surface area contributed by atoms with Crippen LogP contribution in [0.2, 0.25) is 0 Å². The van der Waals surface area contributed by atoms with Gasteiger partial charge in [-0.25, -0.2) is 8.42 Å². The number of nitrogens with one attached hydrogen (secondary N) is 1. The first kappa shape index (κ1) is 23.6. The minimum Gasteiger partial charge on any atom is -0.491 e. The van der Waals surface area contributed by atoms with E-state index in [-0.39, 0.29) is 18.9 Å². The first-order valence-corrected chi connectivity index (χ1v) is 12.5. The normalized spacial score (nSPS) is 11.3. The van der Waals surface area contributed by atoms with Crippen LogP contribution < -0.4 is 14.4 Å². The van der Waals surface area contributed by atoms with Crippen LogP contribution >= 0.6 is 0 Å². The highest BCUT2D eigenvalue weighted by molar-refractivity contribution is 7.92. The Bertz CT molecular complexity index is 1190. The number of nitrogens with zero attached hydrogens (tertiary/aromatic N) is 1. The van der Waals surface area contributed by atoms with Gasteiger partial charge < -0.3 is 10.1 Å². The SMILES string of the molecule is Cc1ccc(N(CCCC(=O)NCCOc2cccc3ccccc23)S(C)(=O)=O)cc1C. The van der Waals surface area contributed by atoms with E-state index in [4.69, 9.17) is 4.74 Å². The minimum absolute atomic E-state index is 0.125. The van der Waals surface area contributed by atoms with Crippen molar-refractivity contribution in [2.75, 3.05) is 30.3 Å². The number of carbonyl (C=O) groups is 1. The maximum absolute atomic E-state index is 12.3. The molecule has 0 heterocycles. The number of benzene rings is 3. The van der Waals surface area contributed by atoms with Crippen LogP contribution in [0.1, 0.15) is 24.0 Å². The average Bonchev–Trinajstić information content (AvgIpc) is 2.75. The zero-order valence-electron chi connectivity index (χ0n) is 18.8. The van der Waals surface area contributed by atoms with Crippen LogP contribution in [0.5, 0.6) is 5.75 Å². The van der Waals surface area contributed by atoms with E-state index < -0.39 is 10.0 Å². The molecule has 0 spiro atoms. The second kappa shape index (κ2) is 10.5. The molecule has 1 amide bonds. The molecule has 3 aromatic carbocycles.